The van der Waals surface area contributed by atoms with Gasteiger partial charge in [0.1, 0.15) is 5.76 Å². The van der Waals surface area contributed by atoms with E-state index in [1.807, 2.05) is 18.2 Å². The zero-order chi connectivity index (χ0) is 14.0. The molecule has 0 radical (unpaired) electrons. The summed E-state index contributed by atoms with van der Waals surface area (Å²) in [5, 5.41) is 0. The first-order valence-electron chi connectivity index (χ1n) is 5.99. The van der Waals surface area contributed by atoms with Crippen LogP contribution < -0.4 is 5.73 Å². The van der Waals surface area contributed by atoms with Crippen molar-refractivity contribution in [2.75, 3.05) is 5.73 Å². The van der Waals surface area contributed by atoms with Crippen molar-refractivity contribution in [1.29, 1.82) is 0 Å². The number of halogens is 1. The zero-order valence-corrected chi connectivity index (χ0v) is 13.6. The first-order valence-corrected chi connectivity index (χ1v) is 7.77. The topological polar surface area (TPSA) is 52.0 Å². The van der Waals surface area contributed by atoms with Crippen molar-refractivity contribution in [2.24, 2.45) is 0 Å². The van der Waals surface area contributed by atoms with Crippen LogP contribution in [0.5, 0.6) is 0 Å². The average Bonchev–Trinajstić information content (AvgIpc) is 2.76. The normalized spacial score (nSPS) is 11.8. The molecule has 0 aliphatic rings. The number of benzene rings is 1. The molecule has 19 heavy (non-hydrogen) atoms. The summed E-state index contributed by atoms with van der Waals surface area (Å²) in [5.41, 5.74) is 6.72. The Labute approximate surface area is 126 Å². The van der Waals surface area contributed by atoms with Gasteiger partial charge in [0.25, 0.3) is 0 Å². The summed E-state index contributed by atoms with van der Waals surface area (Å²) in [5.74, 6) is 2.33. The third kappa shape index (κ3) is 3.76. The molecule has 5 heteroatoms. The van der Waals surface area contributed by atoms with E-state index in [1.165, 1.54) is 0 Å². The van der Waals surface area contributed by atoms with Crippen LogP contribution in [-0.2, 0) is 11.2 Å². The fourth-order valence-electron chi connectivity index (χ4n) is 1.51. The van der Waals surface area contributed by atoms with Crippen LogP contribution in [0.1, 0.15) is 32.4 Å². The van der Waals surface area contributed by atoms with Crippen LogP contribution in [0.2, 0.25) is 0 Å². The van der Waals surface area contributed by atoms with Gasteiger partial charge < -0.3 is 10.2 Å². The number of hydrogen-bond donors (Lipinski definition) is 1. The van der Waals surface area contributed by atoms with Gasteiger partial charge in [0.2, 0.25) is 5.89 Å². The minimum Gasteiger partial charge on any atom is -0.444 e. The Bertz CT molecular complexity index is 575. The maximum absolute atomic E-state index is 5.96. The molecule has 1 aromatic heterocycles. The van der Waals surface area contributed by atoms with E-state index in [9.17, 15) is 0 Å². The predicted octanol–water partition coefficient (Wildman–Crippen LogP) is 4.61. The van der Waals surface area contributed by atoms with Crippen molar-refractivity contribution >= 4 is 33.4 Å². The van der Waals surface area contributed by atoms with Gasteiger partial charge in [-0.1, -0.05) is 36.7 Å². The standard InChI is InChI=1S/C14H17BrN2OS/c1-14(2,3)12-7-17-13(18-12)8-19-11-5-4-9(15)6-10(11)16/h4-7H,8,16H2,1-3H3. The van der Waals surface area contributed by atoms with E-state index in [0.29, 0.717) is 5.75 Å². The van der Waals surface area contributed by atoms with Crippen LogP contribution in [0.25, 0.3) is 0 Å². The molecular formula is C14H17BrN2OS. The van der Waals surface area contributed by atoms with Crippen LogP contribution >= 0.6 is 27.7 Å². The Kier molecular flexibility index (Phi) is 4.26. The summed E-state index contributed by atoms with van der Waals surface area (Å²) in [7, 11) is 0. The van der Waals surface area contributed by atoms with Gasteiger partial charge in [-0.3, -0.25) is 0 Å². The maximum atomic E-state index is 5.96. The van der Waals surface area contributed by atoms with E-state index >= 15 is 0 Å². The molecule has 0 saturated heterocycles. The Morgan fingerprint density at radius 2 is 2.11 bits per heavy atom. The molecule has 0 aliphatic carbocycles. The highest BCUT2D eigenvalue weighted by Crippen LogP contribution is 2.31. The third-order valence-electron chi connectivity index (χ3n) is 2.62. The second-order valence-electron chi connectivity index (χ2n) is 5.34. The number of thioether (sulfide) groups is 1. The number of nitrogens with two attached hydrogens (primary N) is 1. The summed E-state index contributed by atoms with van der Waals surface area (Å²) >= 11 is 5.03. The number of aromatic nitrogens is 1. The van der Waals surface area contributed by atoms with E-state index in [1.54, 1.807) is 18.0 Å². The lowest BCUT2D eigenvalue weighted by atomic mass is 9.94. The van der Waals surface area contributed by atoms with Crippen molar-refractivity contribution in [2.45, 2.75) is 36.8 Å². The largest absolute Gasteiger partial charge is 0.444 e. The molecule has 2 rings (SSSR count). The summed E-state index contributed by atoms with van der Waals surface area (Å²) in [4.78, 5) is 5.35. The highest BCUT2D eigenvalue weighted by Gasteiger charge is 2.19. The first kappa shape index (κ1) is 14.5. The molecule has 1 heterocycles. The Balaban J connectivity index is 2.04. The van der Waals surface area contributed by atoms with Crippen molar-refractivity contribution in [3.8, 4) is 0 Å². The predicted molar refractivity (Wildman–Crippen MR) is 83.3 cm³/mol. The molecular weight excluding hydrogens is 324 g/mol. The third-order valence-corrected chi connectivity index (χ3v) is 4.18. The summed E-state index contributed by atoms with van der Waals surface area (Å²) in [6, 6.07) is 5.88. The van der Waals surface area contributed by atoms with E-state index in [-0.39, 0.29) is 5.41 Å². The first-order chi connectivity index (χ1) is 8.86. The fourth-order valence-corrected chi connectivity index (χ4v) is 2.70. The number of oxazole rings is 1. The van der Waals surface area contributed by atoms with Gasteiger partial charge in [-0.05, 0) is 18.2 Å². The molecule has 2 N–H and O–H groups in total. The van der Waals surface area contributed by atoms with E-state index in [0.717, 1.165) is 26.7 Å². The number of anilines is 1. The molecule has 102 valence electrons. The SMILES string of the molecule is CC(C)(C)c1cnc(CSc2ccc(Br)cc2N)o1. The molecule has 2 aromatic rings. The Morgan fingerprint density at radius 3 is 2.68 bits per heavy atom. The summed E-state index contributed by atoms with van der Waals surface area (Å²) in [6.45, 7) is 6.32. The van der Waals surface area contributed by atoms with Crippen molar-refractivity contribution in [1.82, 2.24) is 4.98 Å². The van der Waals surface area contributed by atoms with Crippen LogP contribution in [0.3, 0.4) is 0 Å². The summed E-state index contributed by atoms with van der Waals surface area (Å²) in [6.07, 6.45) is 1.81. The van der Waals surface area contributed by atoms with Gasteiger partial charge in [0, 0.05) is 20.5 Å². The van der Waals surface area contributed by atoms with Gasteiger partial charge in [0.15, 0.2) is 0 Å². The molecule has 0 bridgehead atoms. The molecule has 3 nitrogen and oxygen atoms in total. The number of nitrogens with zero attached hydrogens (tertiary/aromatic N) is 1. The molecule has 0 spiro atoms. The molecule has 0 atom stereocenters. The number of hydrogen-bond acceptors (Lipinski definition) is 4. The minimum atomic E-state index is -0.00739. The lowest BCUT2D eigenvalue weighted by molar-refractivity contribution is 0.391. The molecule has 1 aromatic carbocycles. The van der Waals surface area contributed by atoms with E-state index in [4.69, 9.17) is 10.2 Å². The van der Waals surface area contributed by atoms with E-state index in [2.05, 4.69) is 41.7 Å². The second kappa shape index (κ2) is 5.59. The van der Waals surface area contributed by atoms with Crippen molar-refractivity contribution in [3.05, 3.63) is 40.5 Å². The molecule has 0 unspecified atom stereocenters. The van der Waals surface area contributed by atoms with Crippen LogP contribution in [-0.4, -0.2) is 4.98 Å². The Morgan fingerprint density at radius 1 is 1.37 bits per heavy atom. The van der Waals surface area contributed by atoms with Crippen molar-refractivity contribution in [3.63, 3.8) is 0 Å². The highest BCUT2D eigenvalue weighted by atomic mass is 79.9. The van der Waals surface area contributed by atoms with Gasteiger partial charge >= 0.3 is 0 Å². The average molecular weight is 341 g/mol. The monoisotopic (exact) mass is 340 g/mol. The zero-order valence-electron chi connectivity index (χ0n) is 11.2. The van der Waals surface area contributed by atoms with Gasteiger partial charge in [-0.25, -0.2) is 4.98 Å². The number of rotatable bonds is 3. The quantitative estimate of drug-likeness (QED) is 0.654. The van der Waals surface area contributed by atoms with Gasteiger partial charge in [-0.15, -0.1) is 11.8 Å². The minimum absolute atomic E-state index is 0.00739. The second-order valence-corrected chi connectivity index (χ2v) is 7.27. The highest BCUT2D eigenvalue weighted by molar-refractivity contribution is 9.10. The van der Waals surface area contributed by atoms with Crippen LogP contribution in [0.4, 0.5) is 5.69 Å². The fraction of sp³-hybridized carbons (Fsp3) is 0.357. The number of nitrogen functional groups attached to an aromatic ring is 1. The van der Waals surface area contributed by atoms with Gasteiger partial charge in [-0.2, -0.15) is 0 Å². The van der Waals surface area contributed by atoms with Crippen LogP contribution in [0.15, 0.2) is 38.2 Å². The van der Waals surface area contributed by atoms with E-state index < -0.39 is 0 Å². The maximum Gasteiger partial charge on any atom is 0.204 e. The summed E-state index contributed by atoms with van der Waals surface area (Å²) < 4.78 is 6.74. The molecule has 0 fully saturated rings. The molecule has 0 saturated carbocycles. The smallest absolute Gasteiger partial charge is 0.204 e. The Hall–Kier alpha value is -0.940. The van der Waals surface area contributed by atoms with Crippen LogP contribution in [0, 0.1) is 0 Å². The van der Waals surface area contributed by atoms with Crippen molar-refractivity contribution < 1.29 is 4.42 Å². The molecule has 0 aliphatic heterocycles. The van der Waals surface area contributed by atoms with Gasteiger partial charge in [0.05, 0.1) is 11.9 Å². The lowest BCUT2D eigenvalue weighted by Gasteiger charge is -2.13. The molecule has 0 amide bonds. The lowest BCUT2D eigenvalue weighted by Crippen LogP contribution is -2.09.